The maximum absolute atomic E-state index is 11.3. The molecular formula is C13H25N3O2S2. The summed E-state index contributed by atoms with van der Waals surface area (Å²) in [4.78, 5) is 4.57. The second-order valence-corrected chi connectivity index (χ2v) is 8.37. The van der Waals surface area contributed by atoms with Gasteiger partial charge in [0.15, 0.2) is 5.16 Å². The second-order valence-electron chi connectivity index (χ2n) is 5.22. The molecule has 0 amide bonds. The van der Waals surface area contributed by atoms with Crippen LogP contribution in [-0.2, 0) is 16.6 Å². The number of aryl methyl sites for hydroxylation is 1. The molecule has 0 aromatic carbocycles. The fourth-order valence-corrected chi connectivity index (χ4v) is 3.46. The van der Waals surface area contributed by atoms with E-state index in [1.165, 1.54) is 5.69 Å². The summed E-state index contributed by atoms with van der Waals surface area (Å²) in [5.41, 5.74) is 2.23. The van der Waals surface area contributed by atoms with E-state index in [1.54, 1.807) is 18.7 Å². The van der Waals surface area contributed by atoms with Gasteiger partial charge < -0.3 is 4.57 Å². The monoisotopic (exact) mass is 319 g/mol. The lowest BCUT2D eigenvalue weighted by molar-refractivity contribution is 0.486. The number of rotatable bonds is 8. The largest absolute Gasteiger partial charge is 0.323 e. The smallest absolute Gasteiger partial charge is 0.211 e. The van der Waals surface area contributed by atoms with Gasteiger partial charge in [-0.3, -0.25) is 0 Å². The van der Waals surface area contributed by atoms with Crippen molar-refractivity contribution in [3.63, 3.8) is 0 Å². The molecule has 0 atom stereocenters. The number of aromatic nitrogens is 2. The van der Waals surface area contributed by atoms with Crippen LogP contribution in [0.5, 0.6) is 0 Å². The van der Waals surface area contributed by atoms with E-state index < -0.39 is 10.0 Å². The van der Waals surface area contributed by atoms with Crippen LogP contribution in [0.15, 0.2) is 5.16 Å². The van der Waals surface area contributed by atoms with Crippen molar-refractivity contribution in [2.24, 2.45) is 5.92 Å². The van der Waals surface area contributed by atoms with Crippen molar-refractivity contribution in [2.75, 3.05) is 18.1 Å². The molecule has 5 nitrogen and oxygen atoms in total. The molecule has 20 heavy (non-hydrogen) atoms. The number of thioether (sulfide) groups is 1. The van der Waals surface area contributed by atoms with Gasteiger partial charge in [0, 0.05) is 24.5 Å². The van der Waals surface area contributed by atoms with Crippen molar-refractivity contribution in [3.05, 3.63) is 11.4 Å². The zero-order valence-electron chi connectivity index (χ0n) is 12.9. The third-order valence-electron chi connectivity index (χ3n) is 3.01. The van der Waals surface area contributed by atoms with Crippen LogP contribution in [0.2, 0.25) is 0 Å². The van der Waals surface area contributed by atoms with Gasteiger partial charge in [-0.2, -0.15) is 0 Å². The van der Waals surface area contributed by atoms with Crippen LogP contribution in [0, 0.1) is 19.8 Å². The molecule has 0 bridgehead atoms. The molecule has 0 aliphatic heterocycles. The van der Waals surface area contributed by atoms with Crippen molar-refractivity contribution < 1.29 is 8.42 Å². The number of hydrogen-bond acceptors (Lipinski definition) is 4. The van der Waals surface area contributed by atoms with Crippen LogP contribution in [0.25, 0.3) is 0 Å². The molecule has 0 spiro atoms. The second kappa shape index (κ2) is 7.47. The van der Waals surface area contributed by atoms with Gasteiger partial charge in [0.05, 0.1) is 11.4 Å². The molecular weight excluding hydrogens is 294 g/mol. The zero-order valence-corrected chi connectivity index (χ0v) is 14.6. The van der Waals surface area contributed by atoms with Gasteiger partial charge in [-0.1, -0.05) is 25.6 Å². The molecule has 1 aromatic rings. The van der Waals surface area contributed by atoms with Crippen molar-refractivity contribution in [3.8, 4) is 0 Å². The third-order valence-corrected chi connectivity index (χ3v) is 5.39. The first kappa shape index (κ1) is 17.5. The Morgan fingerprint density at radius 3 is 2.55 bits per heavy atom. The normalized spacial score (nSPS) is 12.3. The predicted molar refractivity (Wildman–Crippen MR) is 84.7 cm³/mol. The number of hydrogen-bond donors (Lipinski definition) is 1. The SMILES string of the molecule is CCS(=O)(=O)NCCSc1nc(C)c(C)n1CC(C)C. The fraction of sp³-hybridized carbons (Fsp3) is 0.769. The average molecular weight is 319 g/mol. The highest BCUT2D eigenvalue weighted by molar-refractivity contribution is 7.99. The van der Waals surface area contributed by atoms with E-state index >= 15 is 0 Å². The minimum atomic E-state index is -3.10. The van der Waals surface area contributed by atoms with E-state index in [4.69, 9.17) is 0 Å². The summed E-state index contributed by atoms with van der Waals surface area (Å²) >= 11 is 1.60. The highest BCUT2D eigenvalue weighted by Crippen LogP contribution is 2.22. The van der Waals surface area contributed by atoms with E-state index in [0.717, 1.165) is 17.4 Å². The first-order valence-corrected chi connectivity index (χ1v) is 9.54. The first-order chi connectivity index (χ1) is 9.26. The topological polar surface area (TPSA) is 64.0 Å². The maximum atomic E-state index is 11.3. The van der Waals surface area contributed by atoms with Crippen LogP contribution in [0.3, 0.4) is 0 Å². The quantitative estimate of drug-likeness (QED) is 0.589. The predicted octanol–water partition coefficient (Wildman–Crippen LogP) is 2.19. The van der Waals surface area contributed by atoms with Gasteiger partial charge in [0.25, 0.3) is 0 Å². The van der Waals surface area contributed by atoms with Gasteiger partial charge in [-0.25, -0.2) is 18.1 Å². The van der Waals surface area contributed by atoms with Crippen LogP contribution in [-0.4, -0.2) is 36.0 Å². The van der Waals surface area contributed by atoms with Gasteiger partial charge >= 0.3 is 0 Å². The summed E-state index contributed by atoms with van der Waals surface area (Å²) in [6.45, 7) is 11.5. The molecule has 1 N–H and O–H groups in total. The Kier molecular flexibility index (Phi) is 6.54. The summed E-state index contributed by atoms with van der Waals surface area (Å²) < 4.78 is 27.5. The van der Waals surface area contributed by atoms with Crippen LogP contribution < -0.4 is 4.72 Å². The third kappa shape index (κ3) is 5.10. The van der Waals surface area contributed by atoms with Gasteiger partial charge in [-0.15, -0.1) is 0 Å². The minimum absolute atomic E-state index is 0.123. The van der Waals surface area contributed by atoms with Crippen molar-refractivity contribution in [2.45, 2.75) is 46.3 Å². The number of nitrogens with zero attached hydrogens (tertiary/aromatic N) is 2. The van der Waals surface area contributed by atoms with Crippen LogP contribution >= 0.6 is 11.8 Å². The summed E-state index contributed by atoms with van der Waals surface area (Å²) in [5.74, 6) is 1.37. The van der Waals surface area contributed by atoms with E-state index in [-0.39, 0.29) is 5.75 Å². The molecule has 0 aliphatic carbocycles. The van der Waals surface area contributed by atoms with Crippen molar-refractivity contribution >= 4 is 21.8 Å². The van der Waals surface area contributed by atoms with Crippen LogP contribution in [0.1, 0.15) is 32.2 Å². The lowest BCUT2D eigenvalue weighted by Gasteiger charge is -2.12. The number of sulfonamides is 1. The molecule has 0 unspecified atom stereocenters. The molecule has 0 radical (unpaired) electrons. The molecule has 0 aliphatic rings. The summed E-state index contributed by atoms with van der Waals surface area (Å²) in [6.07, 6.45) is 0. The molecule has 1 rings (SSSR count). The summed E-state index contributed by atoms with van der Waals surface area (Å²) in [7, 11) is -3.10. The Balaban J connectivity index is 2.62. The van der Waals surface area contributed by atoms with E-state index in [2.05, 4.69) is 35.0 Å². The van der Waals surface area contributed by atoms with Crippen LogP contribution in [0.4, 0.5) is 0 Å². The molecule has 0 saturated carbocycles. The molecule has 0 fully saturated rings. The Morgan fingerprint density at radius 2 is 2.00 bits per heavy atom. The summed E-state index contributed by atoms with van der Waals surface area (Å²) in [5, 5.41) is 0.976. The maximum Gasteiger partial charge on any atom is 0.211 e. The highest BCUT2D eigenvalue weighted by Gasteiger charge is 2.13. The zero-order chi connectivity index (χ0) is 15.3. The molecule has 1 aromatic heterocycles. The van der Waals surface area contributed by atoms with E-state index in [1.807, 2.05) is 6.92 Å². The standard InChI is InChI=1S/C13H25N3O2S2/c1-6-20(17,18)14-7-8-19-13-15-11(4)12(5)16(13)9-10(2)3/h10,14H,6-9H2,1-5H3. The first-order valence-electron chi connectivity index (χ1n) is 6.90. The summed E-state index contributed by atoms with van der Waals surface area (Å²) in [6, 6.07) is 0. The van der Waals surface area contributed by atoms with Gasteiger partial charge in [-0.05, 0) is 26.7 Å². The highest BCUT2D eigenvalue weighted by atomic mass is 32.2. The van der Waals surface area contributed by atoms with Crippen molar-refractivity contribution in [1.29, 1.82) is 0 Å². The Bertz CT molecular complexity index is 536. The Labute approximate surface area is 126 Å². The fourth-order valence-electron chi connectivity index (χ4n) is 1.76. The lowest BCUT2D eigenvalue weighted by Crippen LogP contribution is -2.27. The van der Waals surface area contributed by atoms with Gasteiger partial charge in [0.1, 0.15) is 0 Å². The molecule has 116 valence electrons. The number of imidazole rings is 1. The number of nitrogens with one attached hydrogen (secondary N) is 1. The van der Waals surface area contributed by atoms with Gasteiger partial charge in [0.2, 0.25) is 10.0 Å². The van der Waals surface area contributed by atoms with E-state index in [0.29, 0.717) is 18.2 Å². The average Bonchev–Trinajstić information content (AvgIpc) is 2.62. The Hall–Kier alpha value is -0.530. The lowest BCUT2D eigenvalue weighted by atomic mass is 10.2. The molecule has 7 heteroatoms. The molecule has 0 saturated heterocycles. The van der Waals surface area contributed by atoms with E-state index in [9.17, 15) is 8.42 Å². The van der Waals surface area contributed by atoms with Crippen molar-refractivity contribution in [1.82, 2.24) is 14.3 Å². The Morgan fingerprint density at radius 1 is 1.35 bits per heavy atom. The molecule has 1 heterocycles. The minimum Gasteiger partial charge on any atom is -0.323 e.